The highest BCUT2D eigenvalue weighted by atomic mass is 79.9. The van der Waals surface area contributed by atoms with Crippen molar-refractivity contribution in [2.45, 2.75) is 44.5 Å². The van der Waals surface area contributed by atoms with E-state index in [1.54, 1.807) is 16.7 Å². The molecule has 0 unspecified atom stereocenters. The number of rotatable bonds is 6. The van der Waals surface area contributed by atoms with Crippen molar-refractivity contribution in [3.63, 3.8) is 0 Å². The van der Waals surface area contributed by atoms with Crippen LogP contribution in [-0.2, 0) is 4.79 Å². The average molecular weight is 499 g/mol. The van der Waals surface area contributed by atoms with Gasteiger partial charge in [0, 0.05) is 27.8 Å². The number of unbranched alkanes of at least 4 members (excludes halogenated alkanes) is 1. The highest BCUT2D eigenvalue weighted by Crippen LogP contribution is 2.43. The Labute approximate surface area is 194 Å². The summed E-state index contributed by atoms with van der Waals surface area (Å²) in [5.74, 6) is 1.27. The van der Waals surface area contributed by atoms with Crippen molar-refractivity contribution in [1.29, 1.82) is 0 Å². The fourth-order valence-electron chi connectivity index (χ4n) is 3.37. The van der Waals surface area contributed by atoms with E-state index in [-0.39, 0.29) is 5.91 Å². The zero-order chi connectivity index (χ0) is 21.8. The molecule has 1 amide bonds. The maximum absolute atomic E-state index is 13.1. The van der Waals surface area contributed by atoms with Crippen molar-refractivity contribution in [2.75, 3.05) is 10.7 Å². The van der Waals surface area contributed by atoms with E-state index in [1.165, 1.54) is 0 Å². The van der Waals surface area contributed by atoms with Crippen LogP contribution >= 0.6 is 27.7 Å². The SMILES string of the molecule is CCCCSc1nnc2c(n1)O[C@@H](c1ccc(Br)cc1)N(C(=O)CC)c1ccccc1-2. The van der Waals surface area contributed by atoms with Gasteiger partial charge in [-0.2, -0.15) is 4.98 Å². The van der Waals surface area contributed by atoms with Crippen LogP contribution < -0.4 is 9.64 Å². The predicted octanol–water partition coefficient (Wildman–Crippen LogP) is 6.03. The number of para-hydroxylation sites is 1. The van der Waals surface area contributed by atoms with E-state index in [0.29, 0.717) is 23.2 Å². The van der Waals surface area contributed by atoms with Crippen LogP contribution in [0.15, 0.2) is 58.2 Å². The molecular weight excluding hydrogens is 476 g/mol. The Morgan fingerprint density at radius 1 is 1.13 bits per heavy atom. The normalized spacial score (nSPS) is 14.9. The summed E-state index contributed by atoms with van der Waals surface area (Å²) in [7, 11) is 0. The zero-order valence-electron chi connectivity index (χ0n) is 17.4. The van der Waals surface area contributed by atoms with Crippen LogP contribution in [0.3, 0.4) is 0 Å². The predicted molar refractivity (Wildman–Crippen MR) is 126 cm³/mol. The van der Waals surface area contributed by atoms with Crippen LogP contribution in [0.5, 0.6) is 5.88 Å². The van der Waals surface area contributed by atoms with Crippen molar-refractivity contribution < 1.29 is 9.53 Å². The Hall–Kier alpha value is -2.45. The molecule has 6 nitrogen and oxygen atoms in total. The topological polar surface area (TPSA) is 68.2 Å². The molecule has 2 heterocycles. The molecule has 2 aromatic carbocycles. The van der Waals surface area contributed by atoms with Crippen molar-refractivity contribution in [1.82, 2.24) is 15.2 Å². The molecule has 3 aromatic rings. The van der Waals surface area contributed by atoms with Crippen molar-refractivity contribution in [3.05, 3.63) is 58.6 Å². The third kappa shape index (κ3) is 4.60. The minimum atomic E-state index is -0.659. The average Bonchev–Trinajstić information content (AvgIpc) is 2.93. The number of carbonyl (C=O) groups is 1. The van der Waals surface area contributed by atoms with Gasteiger partial charge in [-0.05, 0) is 24.6 Å². The molecule has 0 spiro atoms. The number of hydrogen-bond donors (Lipinski definition) is 0. The second-order valence-electron chi connectivity index (χ2n) is 7.11. The van der Waals surface area contributed by atoms with Gasteiger partial charge in [-0.25, -0.2) is 0 Å². The second-order valence-corrected chi connectivity index (χ2v) is 9.08. The minimum absolute atomic E-state index is 0.0429. The molecule has 8 heteroatoms. The molecule has 1 atom stereocenters. The van der Waals surface area contributed by atoms with Gasteiger partial charge >= 0.3 is 0 Å². The van der Waals surface area contributed by atoms with Gasteiger partial charge < -0.3 is 4.74 Å². The number of aromatic nitrogens is 3. The third-order valence-electron chi connectivity index (χ3n) is 4.97. The van der Waals surface area contributed by atoms with Gasteiger partial charge in [0.15, 0.2) is 5.69 Å². The quantitative estimate of drug-likeness (QED) is 0.305. The monoisotopic (exact) mass is 498 g/mol. The van der Waals surface area contributed by atoms with E-state index in [1.807, 2.05) is 55.5 Å². The molecule has 0 radical (unpaired) electrons. The van der Waals surface area contributed by atoms with Gasteiger partial charge in [-0.1, -0.05) is 78.3 Å². The van der Waals surface area contributed by atoms with Gasteiger partial charge in [0.1, 0.15) is 0 Å². The van der Waals surface area contributed by atoms with Crippen molar-refractivity contribution >= 4 is 39.3 Å². The summed E-state index contributed by atoms with van der Waals surface area (Å²) in [6.07, 6.45) is 1.87. The summed E-state index contributed by atoms with van der Waals surface area (Å²) in [5.41, 5.74) is 2.92. The molecule has 0 N–H and O–H groups in total. The van der Waals surface area contributed by atoms with Crippen molar-refractivity contribution in [2.24, 2.45) is 0 Å². The molecule has 0 fully saturated rings. The first-order valence-electron chi connectivity index (χ1n) is 10.3. The lowest BCUT2D eigenvalue weighted by Crippen LogP contribution is -2.37. The minimum Gasteiger partial charge on any atom is -0.447 e. The number of nitrogens with zero attached hydrogens (tertiary/aromatic N) is 4. The van der Waals surface area contributed by atoms with E-state index in [2.05, 4.69) is 38.0 Å². The first-order chi connectivity index (χ1) is 15.1. The van der Waals surface area contributed by atoms with Crippen LogP contribution in [0.1, 0.15) is 44.9 Å². The van der Waals surface area contributed by atoms with Gasteiger partial charge in [-0.3, -0.25) is 9.69 Å². The van der Waals surface area contributed by atoms with E-state index in [4.69, 9.17) is 4.74 Å². The van der Waals surface area contributed by atoms with Crippen molar-refractivity contribution in [3.8, 4) is 17.1 Å². The number of carbonyl (C=O) groups excluding carboxylic acids is 1. The summed E-state index contributed by atoms with van der Waals surface area (Å²) >= 11 is 5.04. The Balaban J connectivity index is 1.85. The summed E-state index contributed by atoms with van der Waals surface area (Å²) in [4.78, 5) is 19.5. The summed E-state index contributed by atoms with van der Waals surface area (Å²) in [5, 5.41) is 9.35. The molecule has 1 aliphatic heterocycles. The van der Waals surface area contributed by atoms with Crippen LogP contribution in [0, 0.1) is 0 Å². The van der Waals surface area contributed by atoms with Gasteiger partial charge in [-0.15, -0.1) is 10.2 Å². The largest absolute Gasteiger partial charge is 0.447 e. The second kappa shape index (κ2) is 9.78. The van der Waals surface area contributed by atoms with Crippen LogP contribution in [-0.4, -0.2) is 26.8 Å². The number of fused-ring (bicyclic) bond motifs is 3. The number of amides is 1. The number of benzene rings is 2. The third-order valence-corrected chi connectivity index (χ3v) is 6.42. The molecule has 1 aromatic heterocycles. The Bertz CT molecular complexity index is 1080. The lowest BCUT2D eigenvalue weighted by Gasteiger charge is -2.30. The lowest BCUT2D eigenvalue weighted by molar-refractivity contribution is -0.120. The Kier molecular flexibility index (Phi) is 6.87. The highest BCUT2D eigenvalue weighted by Gasteiger charge is 2.35. The van der Waals surface area contributed by atoms with Crippen LogP contribution in [0.25, 0.3) is 11.3 Å². The number of anilines is 1. The summed E-state index contributed by atoms with van der Waals surface area (Å²) in [6.45, 7) is 4.00. The Morgan fingerprint density at radius 2 is 1.90 bits per heavy atom. The van der Waals surface area contributed by atoms with E-state index < -0.39 is 6.23 Å². The number of ether oxygens (including phenoxy) is 1. The van der Waals surface area contributed by atoms with Gasteiger partial charge in [0.2, 0.25) is 23.2 Å². The zero-order valence-corrected chi connectivity index (χ0v) is 19.8. The standard InChI is InChI=1S/C23H23BrN4O2S/c1-3-5-14-31-23-25-21-20(26-27-23)17-8-6-7-9-18(17)28(19(29)4-2)22(30-21)15-10-12-16(24)13-11-15/h6-13,22H,3-5,14H2,1-2H3/t22-/m0/s1. The van der Waals surface area contributed by atoms with Gasteiger partial charge in [0.25, 0.3) is 0 Å². The smallest absolute Gasteiger partial charge is 0.247 e. The van der Waals surface area contributed by atoms with Crippen LogP contribution in [0.4, 0.5) is 5.69 Å². The molecule has 0 saturated heterocycles. The molecule has 0 bridgehead atoms. The van der Waals surface area contributed by atoms with Crippen LogP contribution in [0.2, 0.25) is 0 Å². The lowest BCUT2D eigenvalue weighted by atomic mass is 10.1. The summed E-state index contributed by atoms with van der Waals surface area (Å²) in [6, 6.07) is 15.5. The molecule has 160 valence electrons. The molecule has 0 saturated carbocycles. The highest BCUT2D eigenvalue weighted by molar-refractivity contribution is 9.10. The number of halogens is 1. The van der Waals surface area contributed by atoms with E-state index in [0.717, 1.165) is 39.9 Å². The number of hydrogen-bond acceptors (Lipinski definition) is 6. The Morgan fingerprint density at radius 3 is 2.65 bits per heavy atom. The van der Waals surface area contributed by atoms with E-state index in [9.17, 15) is 4.79 Å². The molecule has 31 heavy (non-hydrogen) atoms. The van der Waals surface area contributed by atoms with E-state index >= 15 is 0 Å². The molecule has 0 aliphatic carbocycles. The number of thioether (sulfide) groups is 1. The first kappa shape index (κ1) is 21.8. The first-order valence-corrected chi connectivity index (χ1v) is 12.1. The molecular formula is C23H23BrN4O2S. The molecule has 4 rings (SSSR count). The maximum Gasteiger partial charge on any atom is 0.247 e. The molecule has 1 aliphatic rings. The maximum atomic E-state index is 13.1. The fraction of sp³-hybridized carbons (Fsp3) is 0.304. The summed E-state index contributed by atoms with van der Waals surface area (Å²) < 4.78 is 7.37. The fourth-order valence-corrected chi connectivity index (χ4v) is 4.49. The van der Waals surface area contributed by atoms with Gasteiger partial charge in [0.05, 0.1) is 5.69 Å².